The molecule has 0 aliphatic heterocycles. The molecule has 3 amide bonds. The molecule has 1 atom stereocenters. The second-order valence-corrected chi connectivity index (χ2v) is 4.59. The van der Waals surface area contributed by atoms with E-state index in [1.165, 1.54) is 21.0 Å². The highest BCUT2D eigenvalue weighted by Gasteiger charge is 2.29. The Kier molecular flexibility index (Phi) is 6.47. The van der Waals surface area contributed by atoms with Gasteiger partial charge < -0.3 is 26.2 Å². The minimum atomic E-state index is -1.32. The Morgan fingerprint density at radius 1 is 1.30 bits per heavy atom. The summed E-state index contributed by atoms with van der Waals surface area (Å²) in [6, 6.07) is -2.15. The number of esters is 1. The lowest BCUT2D eigenvalue weighted by atomic mass is 10.1. The molecule has 9 heteroatoms. The lowest BCUT2D eigenvalue weighted by Gasteiger charge is -2.24. The fourth-order valence-corrected chi connectivity index (χ4v) is 1.16. The van der Waals surface area contributed by atoms with Crippen LogP contribution in [0.5, 0.6) is 0 Å². The fraction of sp³-hybridized carbons (Fsp3) is 0.636. The fourth-order valence-electron chi connectivity index (χ4n) is 1.16. The number of nitrogens with one attached hydrogen (secondary N) is 2. The molecule has 114 valence electrons. The largest absolute Gasteiger partial charge is 0.480 e. The van der Waals surface area contributed by atoms with Gasteiger partial charge >= 0.3 is 18.0 Å². The first kappa shape index (κ1) is 17.7. The molecular weight excluding hydrogens is 270 g/mol. The third kappa shape index (κ3) is 6.03. The summed E-state index contributed by atoms with van der Waals surface area (Å²) in [5, 5.41) is 13.3. The number of carbonyl (C=O) groups excluding carboxylic acids is 3. The van der Waals surface area contributed by atoms with E-state index < -0.39 is 35.5 Å². The van der Waals surface area contributed by atoms with Crippen LogP contribution >= 0.6 is 0 Å². The highest BCUT2D eigenvalue weighted by atomic mass is 16.5. The Hall–Kier alpha value is -2.32. The van der Waals surface area contributed by atoms with E-state index in [0.717, 1.165) is 0 Å². The molecule has 20 heavy (non-hydrogen) atoms. The number of carboxylic acids is 1. The van der Waals surface area contributed by atoms with Crippen LogP contribution in [0.15, 0.2) is 0 Å². The number of amides is 3. The van der Waals surface area contributed by atoms with Crippen molar-refractivity contribution in [1.82, 2.24) is 10.6 Å². The van der Waals surface area contributed by atoms with Gasteiger partial charge in [0.05, 0.1) is 7.11 Å². The molecule has 0 bridgehead atoms. The number of carbonyl (C=O) groups is 4. The summed E-state index contributed by atoms with van der Waals surface area (Å²) in [6.45, 7) is 2.75. The SMILES string of the molecule is COC(=O)CC[C@@H](NC(=O)NC(C)(C)C(N)=O)C(=O)O. The third-order valence-electron chi connectivity index (χ3n) is 2.51. The van der Waals surface area contributed by atoms with Gasteiger partial charge in [-0.15, -0.1) is 0 Å². The van der Waals surface area contributed by atoms with Gasteiger partial charge in [0.25, 0.3) is 0 Å². The molecule has 0 heterocycles. The minimum Gasteiger partial charge on any atom is -0.480 e. The average Bonchev–Trinajstić information content (AvgIpc) is 2.32. The molecule has 0 saturated heterocycles. The molecule has 0 aromatic rings. The third-order valence-corrected chi connectivity index (χ3v) is 2.51. The van der Waals surface area contributed by atoms with E-state index >= 15 is 0 Å². The first-order valence-electron chi connectivity index (χ1n) is 5.78. The van der Waals surface area contributed by atoms with Crippen LogP contribution in [-0.4, -0.2) is 47.7 Å². The maximum absolute atomic E-state index is 11.6. The van der Waals surface area contributed by atoms with Gasteiger partial charge in [-0.3, -0.25) is 9.59 Å². The van der Waals surface area contributed by atoms with Crippen molar-refractivity contribution < 1.29 is 29.0 Å². The second-order valence-electron chi connectivity index (χ2n) is 4.59. The van der Waals surface area contributed by atoms with E-state index in [0.29, 0.717) is 0 Å². The highest BCUT2D eigenvalue weighted by molar-refractivity contribution is 5.90. The molecule has 0 aromatic heterocycles. The Morgan fingerprint density at radius 2 is 1.85 bits per heavy atom. The van der Waals surface area contributed by atoms with Crippen LogP contribution in [0.3, 0.4) is 0 Å². The van der Waals surface area contributed by atoms with Crippen molar-refractivity contribution in [2.75, 3.05) is 7.11 Å². The molecule has 0 aliphatic carbocycles. The van der Waals surface area contributed by atoms with Gasteiger partial charge in [-0.05, 0) is 20.3 Å². The smallest absolute Gasteiger partial charge is 0.326 e. The van der Waals surface area contributed by atoms with Crippen LogP contribution in [-0.2, 0) is 19.1 Å². The number of primary amides is 1. The lowest BCUT2D eigenvalue weighted by Crippen LogP contribution is -2.58. The number of methoxy groups -OCH3 is 1. The Bertz CT molecular complexity index is 407. The monoisotopic (exact) mass is 289 g/mol. The number of aliphatic carboxylic acids is 1. The number of hydrogen-bond donors (Lipinski definition) is 4. The summed E-state index contributed by atoms with van der Waals surface area (Å²) in [6.07, 6.45) is -0.292. The quantitative estimate of drug-likeness (QED) is 0.440. The number of rotatable bonds is 7. The van der Waals surface area contributed by atoms with Gasteiger partial charge in [-0.25, -0.2) is 9.59 Å². The number of ether oxygens (including phenoxy) is 1. The first-order chi connectivity index (χ1) is 9.10. The van der Waals surface area contributed by atoms with Crippen LogP contribution in [0.2, 0.25) is 0 Å². The molecule has 0 saturated carbocycles. The summed E-state index contributed by atoms with van der Waals surface area (Å²) in [4.78, 5) is 44.5. The zero-order chi connectivity index (χ0) is 15.9. The molecule has 0 fully saturated rings. The van der Waals surface area contributed by atoms with Crippen LogP contribution in [0.25, 0.3) is 0 Å². The van der Waals surface area contributed by atoms with E-state index in [1.54, 1.807) is 0 Å². The van der Waals surface area contributed by atoms with Crippen molar-refractivity contribution in [1.29, 1.82) is 0 Å². The summed E-state index contributed by atoms with van der Waals surface area (Å²) in [7, 11) is 1.17. The lowest BCUT2D eigenvalue weighted by molar-refractivity contribution is -0.142. The zero-order valence-corrected chi connectivity index (χ0v) is 11.6. The molecule has 0 spiro atoms. The van der Waals surface area contributed by atoms with Crippen LogP contribution < -0.4 is 16.4 Å². The van der Waals surface area contributed by atoms with Gasteiger partial charge in [0.15, 0.2) is 0 Å². The van der Waals surface area contributed by atoms with Crippen LogP contribution in [0, 0.1) is 0 Å². The molecule has 0 rings (SSSR count). The topological polar surface area (TPSA) is 148 Å². The van der Waals surface area contributed by atoms with Crippen LogP contribution in [0.4, 0.5) is 4.79 Å². The van der Waals surface area contributed by atoms with Gasteiger partial charge in [0.1, 0.15) is 11.6 Å². The Labute approximate surface area is 115 Å². The first-order valence-corrected chi connectivity index (χ1v) is 5.78. The molecule has 0 radical (unpaired) electrons. The Morgan fingerprint density at radius 3 is 2.25 bits per heavy atom. The highest BCUT2D eigenvalue weighted by Crippen LogP contribution is 2.02. The zero-order valence-electron chi connectivity index (χ0n) is 11.6. The molecule has 5 N–H and O–H groups in total. The molecule has 0 unspecified atom stereocenters. The molecule has 9 nitrogen and oxygen atoms in total. The Balaban J connectivity index is 4.53. The number of carboxylic acid groups (broad SMARTS) is 1. The molecule has 0 aromatic carbocycles. The number of urea groups is 1. The summed E-state index contributed by atoms with van der Waals surface area (Å²) < 4.78 is 4.38. The van der Waals surface area contributed by atoms with Crippen molar-refractivity contribution in [3.05, 3.63) is 0 Å². The predicted molar refractivity (Wildman–Crippen MR) is 67.6 cm³/mol. The van der Waals surface area contributed by atoms with E-state index in [2.05, 4.69) is 15.4 Å². The maximum atomic E-state index is 11.6. The predicted octanol–water partition coefficient (Wildman–Crippen LogP) is -1.04. The van der Waals surface area contributed by atoms with Gasteiger partial charge in [0.2, 0.25) is 5.91 Å². The van der Waals surface area contributed by atoms with Crippen molar-refractivity contribution in [2.24, 2.45) is 5.73 Å². The number of nitrogens with two attached hydrogens (primary N) is 1. The van der Waals surface area contributed by atoms with Crippen molar-refractivity contribution >= 4 is 23.9 Å². The summed E-state index contributed by atoms with van der Waals surface area (Å²) in [5.41, 5.74) is 3.74. The van der Waals surface area contributed by atoms with Gasteiger partial charge in [0, 0.05) is 6.42 Å². The van der Waals surface area contributed by atoms with E-state index in [4.69, 9.17) is 10.8 Å². The van der Waals surface area contributed by atoms with Crippen molar-refractivity contribution in [3.8, 4) is 0 Å². The van der Waals surface area contributed by atoms with Gasteiger partial charge in [-0.1, -0.05) is 0 Å². The molecule has 0 aliphatic rings. The van der Waals surface area contributed by atoms with E-state index in [-0.39, 0.29) is 12.8 Å². The minimum absolute atomic E-state index is 0.133. The summed E-state index contributed by atoms with van der Waals surface area (Å²) >= 11 is 0. The molecular formula is C11H19N3O6. The summed E-state index contributed by atoms with van der Waals surface area (Å²) in [5.74, 6) is -2.66. The van der Waals surface area contributed by atoms with E-state index in [9.17, 15) is 19.2 Å². The number of hydrogen-bond acceptors (Lipinski definition) is 5. The average molecular weight is 289 g/mol. The van der Waals surface area contributed by atoms with E-state index in [1.807, 2.05) is 0 Å². The van der Waals surface area contributed by atoms with Gasteiger partial charge in [-0.2, -0.15) is 0 Å². The second kappa shape index (κ2) is 7.31. The maximum Gasteiger partial charge on any atom is 0.326 e. The van der Waals surface area contributed by atoms with Crippen molar-refractivity contribution in [2.45, 2.75) is 38.3 Å². The standard InChI is InChI=1S/C11H19N3O6/c1-11(2,9(12)18)14-10(19)13-6(8(16)17)4-5-7(15)20-3/h6H,4-5H2,1-3H3,(H2,12,18)(H,16,17)(H2,13,14,19)/t6-/m1/s1. The normalized spacial score (nSPS) is 12.2. The van der Waals surface area contributed by atoms with Crippen LogP contribution in [0.1, 0.15) is 26.7 Å². The van der Waals surface area contributed by atoms with Crippen molar-refractivity contribution in [3.63, 3.8) is 0 Å².